The van der Waals surface area contributed by atoms with Gasteiger partial charge in [0.1, 0.15) is 0 Å². The number of carbonyl (C=O) groups excluding carboxylic acids is 2. The van der Waals surface area contributed by atoms with Crippen LogP contribution in [0.1, 0.15) is 28.1 Å². The topological polar surface area (TPSA) is 97.5 Å². The lowest BCUT2D eigenvalue weighted by atomic mass is 10.0. The number of rotatable bonds is 6. The van der Waals surface area contributed by atoms with E-state index in [1.54, 1.807) is 30.6 Å². The number of pyridine rings is 1. The second-order valence-electron chi connectivity index (χ2n) is 4.14. The van der Waals surface area contributed by atoms with Crippen LogP contribution < -0.4 is 0 Å². The molecule has 102 valence electrons. The summed E-state index contributed by atoms with van der Waals surface area (Å²) < 4.78 is 5.07. The van der Waals surface area contributed by atoms with E-state index in [1.165, 1.54) is 6.26 Å². The van der Waals surface area contributed by atoms with Crippen molar-refractivity contribution in [1.82, 2.24) is 4.98 Å². The standard InChI is InChI=1S/C14H11NO5/c16-11(8-12(17)14(18)19)13-10(3-6-20-13)7-9-1-4-15-5-2-9/h1-6H,7-8H2,(H,18,19). The van der Waals surface area contributed by atoms with E-state index in [-0.39, 0.29) is 5.76 Å². The first-order valence-corrected chi connectivity index (χ1v) is 5.82. The van der Waals surface area contributed by atoms with Gasteiger partial charge in [-0.25, -0.2) is 4.79 Å². The van der Waals surface area contributed by atoms with E-state index in [9.17, 15) is 14.4 Å². The second-order valence-corrected chi connectivity index (χ2v) is 4.14. The predicted molar refractivity (Wildman–Crippen MR) is 67.3 cm³/mol. The molecule has 6 heteroatoms. The molecule has 1 N–H and O–H groups in total. The molecular formula is C14H11NO5. The molecule has 0 radical (unpaired) electrons. The van der Waals surface area contributed by atoms with Gasteiger partial charge in [-0.3, -0.25) is 14.6 Å². The molecule has 0 bridgehead atoms. The number of hydrogen-bond donors (Lipinski definition) is 1. The number of carboxylic acids is 1. The highest BCUT2D eigenvalue weighted by molar-refractivity contribution is 6.37. The van der Waals surface area contributed by atoms with Crippen molar-refractivity contribution in [3.63, 3.8) is 0 Å². The largest absolute Gasteiger partial charge is 0.475 e. The zero-order valence-electron chi connectivity index (χ0n) is 10.4. The lowest BCUT2D eigenvalue weighted by Gasteiger charge is -2.01. The van der Waals surface area contributed by atoms with Crippen molar-refractivity contribution in [2.75, 3.05) is 0 Å². The molecule has 0 unspecified atom stereocenters. The van der Waals surface area contributed by atoms with Gasteiger partial charge in [-0.05, 0) is 23.8 Å². The molecule has 2 heterocycles. The summed E-state index contributed by atoms with van der Waals surface area (Å²) in [6, 6.07) is 5.21. The third-order valence-corrected chi connectivity index (χ3v) is 2.70. The number of ketones is 2. The zero-order chi connectivity index (χ0) is 14.5. The average molecular weight is 273 g/mol. The molecule has 0 spiro atoms. The maximum absolute atomic E-state index is 11.8. The highest BCUT2D eigenvalue weighted by Crippen LogP contribution is 2.17. The second kappa shape index (κ2) is 5.92. The molecule has 0 fully saturated rings. The van der Waals surface area contributed by atoms with Crippen LogP contribution in [0.15, 0.2) is 41.3 Å². The van der Waals surface area contributed by atoms with E-state index < -0.39 is 24.0 Å². The van der Waals surface area contributed by atoms with Gasteiger partial charge in [-0.15, -0.1) is 0 Å². The molecule has 2 rings (SSSR count). The molecule has 0 aromatic carbocycles. The summed E-state index contributed by atoms with van der Waals surface area (Å²) in [5.74, 6) is -3.38. The molecule has 0 atom stereocenters. The highest BCUT2D eigenvalue weighted by atomic mass is 16.4. The van der Waals surface area contributed by atoms with Crippen LogP contribution in [-0.2, 0) is 16.0 Å². The van der Waals surface area contributed by atoms with Gasteiger partial charge in [-0.1, -0.05) is 0 Å². The van der Waals surface area contributed by atoms with Gasteiger partial charge in [0, 0.05) is 24.4 Å². The Labute approximate surface area is 114 Å². The molecular weight excluding hydrogens is 262 g/mol. The van der Waals surface area contributed by atoms with Crippen LogP contribution in [-0.4, -0.2) is 27.6 Å². The van der Waals surface area contributed by atoms with Crippen molar-refractivity contribution in [2.45, 2.75) is 12.8 Å². The Morgan fingerprint density at radius 1 is 1.15 bits per heavy atom. The van der Waals surface area contributed by atoms with Crippen molar-refractivity contribution in [2.24, 2.45) is 0 Å². The van der Waals surface area contributed by atoms with E-state index in [1.807, 2.05) is 0 Å². The SMILES string of the molecule is O=C(O)C(=O)CC(=O)c1occc1Cc1ccncc1. The smallest absolute Gasteiger partial charge is 0.372 e. The van der Waals surface area contributed by atoms with E-state index >= 15 is 0 Å². The highest BCUT2D eigenvalue weighted by Gasteiger charge is 2.22. The number of carboxylic acid groups (broad SMARTS) is 1. The van der Waals surface area contributed by atoms with Gasteiger partial charge >= 0.3 is 5.97 Å². The Morgan fingerprint density at radius 2 is 1.85 bits per heavy atom. The number of aromatic nitrogens is 1. The monoisotopic (exact) mass is 273 g/mol. The number of furan rings is 1. The van der Waals surface area contributed by atoms with Crippen molar-refractivity contribution < 1.29 is 23.9 Å². The van der Waals surface area contributed by atoms with Crippen LogP contribution >= 0.6 is 0 Å². The average Bonchev–Trinajstić information content (AvgIpc) is 2.88. The fourth-order valence-corrected chi connectivity index (χ4v) is 1.74. The van der Waals surface area contributed by atoms with E-state index in [0.29, 0.717) is 12.0 Å². The lowest BCUT2D eigenvalue weighted by molar-refractivity contribution is -0.148. The van der Waals surface area contributed by atoms with Gasteiger partial charge in [0.05, 0.1) is 12.7 Å². The van der Waals surface area contributed by atoms with Crippen LogP contribution in [0.25, 0.3) is 0 Å². The Bertz CT molecular complexity index is 645. The summed E-state index contributed by atoms with van der Waals surface area (Å²) in [4.78, 5) is 37.2. The van der Waals surface area contributed by atoms with E-state index in [0.717, 1.165) is 5.56 Å². The molecule has 0 saturated heterocycles. The molecule has 0 aliphatic heterocycles. The first kappa shape index (κ1) is 13.7. The van der Waals surface area contributed by atoms with Gasteiger partial charge in [-0.2, -0.15) is 0 Å². The van der Waals surface area contributed by atoms with Crippen LogP contribution in [0, 0.1) is 0 Å². The Hall–Kier alpha value is -2.76. The maximum atomic E-state index is 11.8. The molecule has 0 aliphatic rings. The molecule has 0 saturated carbocycles. The summed E-state index contributed by atoms with van der Waals surface area (Å²) in [7, 11) is 0. The summed E-state index contributed by atoms with van der Waals surface area (Å²) in [5.41, 5.74) is 1.54. The van der Waals surface area contributed by atoms with Gasteiger partial charge in [0.25, 0.3) is 0 Å². The van der Waals surface area contributed by atoms with Crippen molar-refractivity contribution in [3.05, 3.63) is 53.7 Å². The van der Waals surface area contributed by atoms with Crippen molar-refractivity contribution >= 4 is 17.5 Å². The van der Waals surface area contributed by atoms with Crippen molar-refractivity contribution in [1.29, 1.82) is 0 Å². The number of hydrogen-bond acceptors (Lipinski definition) is 5. The van der Waals surface area contributed by atoms with E-state index in [4.69, 9.17) is 9.52 Å². The number of aliphatic carboxylic acids is 1. The molecule has 6 nitrogen and oxygen atoms in total. The van der Waals surface area contributed by atoms with E-state index in [2.05, 4.69) is 4.98 Å². The molecule has 2 aromatic heterocycles. The zero-order valence-corrected chi connectivity index (χ0v) is 10.4. The molecule has 20 heavy (non-hydrogen) atoms. The molecule has 2 aromatic rings. The number of carbonyl (C=O) groups is 3. The van der Waals surface area contributed by atoms with Gasteiger partial charge in [0.15, 0.2) is 5.76 Å². The third-order valence-electron chi connectivity index (χ3n) is 2.70. The van der Waals surface area contributed by atoms with Gasteiger partial charge in [0.2, 0.25) is 11.6 Å². The van der Waals surface area contributed by atoms with Crippen LogP contribution in [0.4, 0.5) is 0 Å². The van der Waals surface area contributed by atoms with Crippen molar-refractivity contribution in [3.8, 4) is 0 Å². The lowest BCUT2D eigenvalue weighted by Crippen LogP contribution is -2.17. The Morgan fingerprint density at radius 3 is 2.50 bits per heavy atom. The fourth-order valence-electron chi connectivity index (χ4n) is 1.74. The fraction of sp³-hybridized carbons (Fsp3) is 0.143. The summed E-state index contributed by atoms with van der Waals surface area (Å²) in [6.45, 7) is 0. The first-order valence-electron chi connectivity index (χ1n) is 5.82. The summed E-state index contributed by atoms with van der Waals surface area (Å²) >= 11 is 0. The molecule has 0 amide bonds. The Balaban J connectivity index is 2.14. The summed E-state index contributed by atoms with van der Waals surface area (Å²) in [6.07, 6.45) is 4.35. The van der Waals surface area contributed by atoms with Crippen LogP contribution in [0.2, 0.25) is 0 Å². The van der Waals surface area contributed by atoms with Crippen LogP contribution in [0.5, 0.6) is 0 Å². The quantitative estimate of drug-likeness (QED) is 0.486. The predicted octanol–water partition coefficient (Wildman–Crippen LogP) is 1.49. The normalized spacial score (nSPS) is 10.2. The maximum Gasteiger partial charge on any atom is 0.372 e. The number of nitrogens with zero attached hydrogens (tertiary/aromatic N) is 1. The van der Waals surface area contributed by atoms with Crippen LogP contribution in [0.3, 0.4) is 0 Å². The minimum Gasteiger partial charge on any atom is -0.475 e. The minimum absolute atomic E-state index is 0.0245. The first-order chi connectivity index (χ1) is 9.58. The minimum atomic E-state index is -1.62. The number of Topliss-reactive ketones (excluding diaryl/α,β-unsaturated/α-hetero) is 2. The summed E-state index contributed by atoms with van der Waals surface area (Å²) in [5, 5.41) is 8.49. The molecule has 0 aliphatic carbocycles. The third kappa shape index (κ3) is 3.17. The Kier molecular flexibility index (Phi) is 4.05. The van der Waals surface area contributed by atoms with Gasteiger partial charge < -0.3 is 9.52 Å².